The van der Waals surface area contributed by atoms with Crippen molar-refractivity contribution in [3.8, 4) is 5.75 Å². The van der Waals surface area contributed by atoms with Crippen LogP contribution in [0.2, 0.25) is 5.02 Å². The highest BCUT2D eigenvalue weighted by atomic mass is 35.5. The number of halogens is 3. The first kappa shape index (κ1) is 26.0. The van der Waals surface area contributed by atoms with Crippen molar-refractivity contribution in [2.45, 2.75) is 57.2 Å². The summed E-state index contributed by atoms with van der Waals surface area (Å²) in [7, 11) is 0. The maximum atomic E-state index is 13.9. The number of nitrogens with zero attached hydrogens (tertiary/aromatic N) is 2. The number of aryl methyl sites for hydroxylation is 2. The Balaban J connectivity index is 1.58. The number of alkyl halides is 2. The van der Waals surface area contributed by atoms with Crippen molar-refractivity contribution in [1.29, 1.82) is 0 Å². The molecule has 2 aromatic carbocycles. The summed E-state index contributed by atoms with van der Waals surface area (Å²) in [5, 5.41) is 15.3. The van der Waals surface area contributed by atoms with E-state index in [1.54, 1.807) is 48.7 Å². The molecular weight excluding hydrogens is 508 g/mol. The molecule has 6 nitrogen and oxygen atoms in total. The van der Waals surface area contributed by atoms with Gasteiger partial charge < -0.3 is 15.3 Å². The van der Waals surface area contributed by atoms with Crippen LogP contribution in [0, 0.1) is 6.92 Å². The number of aromatic hydroxyl groups is 1. The molecule has 0 aliphatic heterocycles. The van der Waals surface area contributed by atoms with Crippen LogP contribution in [0.3, 0.4) is 0 Å². The lowest BCUT2D eigenvalue weighted by molar-refractivity contribution is -0.164. The number of aromatic nitrogens is 1. The topological polar surface area (TPSA) is 82.5 Å². The predicted molar refractivity (Wildman–Crippen MR) is 134 cm³/mol. The molecule has 1 fully saturated rings. The maximum absolute atomic E-state index is 13.9. The Bertz CT molecular complexity index is 1210. The van der Waals surface area contributed by atoms with Gasteiger partial charge in [0, 0.05) is 42.3 Å². The molecule has 10 heteroatoms. The van der Waals surface area contributed by atoms with Gasteiger partial charge in [0.05, 0.1) is 10.7 Å². The Morgan fingerprint density at radius 1 is 1.17 bits per heavy atom. The monoisotopic (exact) mass is 533 g/mol. The summed E-state index contributed by atoms with van der Waals surface area (Å²) in [6.07, 6.45) is -0.630. The minimum Gasteiger partial charge on any atom is -0.508 e. The summed E-state index contributed by atoms with van der Waals surface area (Å²) in [4.78, 5) is 32.7. The molecular formula is C26H26ClF2N3O3S. The Morgan fingerprint density at radius 3 is 2.39 bits per heavy atom. The minimum atomic E-state index is -2.87. The van der Waals surface area contributed by atoms with E-state index < -0.39 is 42.7 Å². The fourth-order valence-corrected chi connectivity index (χ4v) is 4.98. The van der Waals surface area contributed by atoms with Crippen LogP contribution in [-0.2, 0) is 22.6 Å². The molecule has 2 amide bonds. The van der Waals surface area contributed by atoms with Crippen LogP contribution in [-0.4, -0.2) is 38.8 Å². The zero-order valence-electron chi connectivity index (χ0n) is 19.6. The Kier molecular flexibility index (Phi) is 7.90. The largest absolute Gasteiger partial charge is 0.508 e. The number of carbonyl (C=O) groups is 2. The number of carbonyl (C=O) groups excluding carboxylic acids is 2. The Morgan fingerprint density at radius 2 is 1.81 bits per heavy atom. The lowest BCUT2D eigenvalue weighted by Gasteiger charge is -2.45. The van der Waals surface area contributed by atoms with Crippen molar-refractivity contribution in [3.05, 3.63) is 80.8 Å². The molecule has 1 aromatic heterocycles. The molecule has 3 aromatic rings. The second-order valence-corrected chi connectivity index (χ2v) is 10.4. The third-order valence-electron chi connectivity index (χ3n) is 6.14. The van der Waals surface area contributed by atoms with E-state index in [1.807, 2.05) is 0 Å². The van der Waals surface area contributed by atoms with Gasteiger partial charge in [0.25, 0.3) is 5.92 Å². The zero-order chi connectivity index (χ0) is 25.9. The fraction of sp³-hybridized carbons (Fsp3) is 0.346. The van der Waals surface area contributed by atoms with E-state index in [1.165, 1.54) is 28.4 Å². The van der Waals surface area contributed by atoms with Crippen molar-refractivity contribution in [2.75, 3.05) is 0 Å². The van der Waals surface area contributed by atoms with Crippen molar-refractivity contribution < 1.29 is 23.5 Å². The quantitative estimate of drug-likeness (QED) is 0.384. The summed E-state index contributed by atoms with van der Waals surface area (Å²) in [5.74, 6) is -3.65. The molecule has 0 spiro atoms. The van der Waals surface area contributed by atoms with Crippen LogP contribution in [0.25, 0.3) is 0 Å². The molecule has 1 atom stereocenters. The first-order valence-electron chi connectivity index (χ1n) is 11.5. The number of thiazole rings is 1. The number of hydrogen-bond acceptors (Lipinski definition) is 5. The van der Waals surface area contributed by atoms with E-state index in [4.69, 9.17) is 11.6 Å². The summed E-state index contributed by atoms with van der Waals surface area (Å²) in [6.45, 7) is 1.97. The summed E-state index contributed by atoms with van der Waals surface area (Å²) >= 11 is 7.26. The maximum Gasteiger partial charge on any atom is 0.252 e. The minimum absolute atomic E-state index is 0.0247. The summed E-state index contributed by atoms with van der Waals surface area (Å²) in [5.41, 5.74) is 1.98. The van der Waals surface area contributed by atoms with Crippen LogP contribution in [0.5, 0.6) is 5.75 Å². The lowest BCUT2D eigenvalue weighted by Crippen LogP contribution is -2.56. The number of rotatable bonds is 9. The van der Waals surface area contributed by atoms with Gasteiger partial charge in [0.2, 0.25) is 11.8 Å². The molecule has 1 unspecified atom stereocenters. The molecule has 4 rings (SSSR count). The van der Waals surface area contributed by atoms with Crippen LogP contribution in [0.4, 0.5) is 8.78 Å². The van der Waals surface area contributed by atoms with E-state index in [0.29, 0.717) is 22.1 Å². The van der Waals surface area contributed by atoms with Crippen LogP contribution < -0.4 is 5.32 Å². The predicted octanol–water partition coefficient (Wildman–Crippen LogP) is 5.43. The van der Waals surface area contributed by atoms with Gasteiger partial charge in [0.15, 0.2) is 6.04 Å². The van der Waals surface area contributed by atoms with Gasteiger partial charge in [0.1, 0.15) is 5.75 Å². The summed E-state index contributed by atoms with van der Waals surface area (Å²) < 4.78 is 27.8. The number of nitrogens with one attached hydrogen (secondary N) is 1. The van der Waals surface area contributed by atoms with Crippen molar-refractivity contribution in [2.24, 2.45) is 0 Å². The lowest BCUT2D eigenvalue weighted by atomic mass is 9.85. The van der Waals surface area contributed by atoms with E-state index in [2.05, 4.69) is 10.3 Å². The molecule has 2 N–H and O–H groups in total. The number of phenolic OH excluding ortho intramolecular Hbond substituents is 1. The molecule has 190 valence electrons. The molecule has 1 aliphatic carbocycles. The van der Waals surface area contributed by atoms with Crippen LogP contribution >= 0.6 is 22.9 Å². The highest BCUT2D eigenvalue weighted by molar-refractivity contribution is 7.09. The van der Waals surface area contributed by atoms with Gasteiger partial charge in [-0.1, -0.05) is 35.9 Å². The molecule has 0 radical (unpaired) electrons. The molecule has 0 saturated heterocycles. The van der Waals surface area contributed by atoms with Gasteiger partial charge in [-0.15, -0.1) is 11.3 Å². The molecule has 36 heavy (non-hydrogen) atoms. The Hall–Kier alpha value is -3.04. The fourth-order valence-electron chi connectivity index (χ4n) is 4.22. The van der Waals surface area contributed by atoms with Gasteiger partial charge in [-0.25, -0.2) is 13.8 Å². The van der Waals surface area contributed by atoms with Gasteiger partial charge in [-0.3, -0.25) is 9.59 Å². The van der Waals surface area contributed by atoms with E-state index in [0.717, 1.165) is 11.1 Å². The Labute approximate surface area is 216 Å². The number of benzene rings is 2. The third kappa shape index (κ3) is 6.39. The highest BCUT2D eigenvalue weighted by Crippen LogP contribution is 2.43. The normalized spacial score (nSPS) is 15.7. The number of amides is 2. The average Bonchev–Trinajstić information content (AvgIpc) is 3.25. The molecule has 1 heterocycles. The smallest absolute Gasteiger partial charge is 0.252 e. The van der Waals surface area contributed by atoms with Crippen LogP contribution in [0.15, 0.2) is 53.9 Å². The van der Waals surface area contributed by atoms with Gasteiger partial charge in [-0.2, -0.15) is 0 Å². The first-order valence-corrected chi connectivity index (χ1v) is 12.8. The van der Waals surface area contributed by atoms with Crippen molar-refractivity contribution in [1.82, 2.24) is 15.2 Å². The second kappa shape index (κ2) is 10.9. The standard InChI is InChI=1S/C26H26ClF2N3O3S/c1-16-31-22(15-36-16)24(25(35)30-14-18-2-7-19(27)8-3-18)32(20-12-26(28,29)13-20)23(34)11-6-17-4-9-21(33)10-5-17/h2-5,7-10,15,20,24,33H,6,11-14H2,1H3,(H,30,35). The molecule has 1 aliphatic rings. The first-order chi connectivity index (χ1) is 17.1. The molecule has 1 saturated carbocycles. The van der Waals surface area contributed by atoms with Gasteiger partial charge >= 0.3 is 0 Å². The van der Waals surface area contributed by atoms with E-state index in [-0.39, 0.29) is 18.7 Å². The van der Waals surface area contributed by atoms with E-state index in [9.17, 15) is 23.5 Å². The second-order valence-electron chi connectivity index (χ2n) is 8.92. The van der Waals surface area contributed by atoms with Crippen molar-refractivity contribution >= 4 is 34.8 Å². The average molecular weight is 534 g/mol. The number of phenols is 1. The zero-order valence-corrected chi connectivity index (χ0v) is 21.2. The van der Waals surface area contributed by atoms with E-state index >= 15 is 0 Å². The SMILES string of the molecule is Cc1nc(C(C(=O)NCc2ccc(Cl)cc2)N(C(=O)CCc2ccc(O)cc2)C2CC(F)(F)C2)cs1. The molecule has 0 bridgehead atoms. The highest BCUT2D eigenvalue weighted by Gasteiger charge is 2.52. The summed E-state index contributed by atoms with van der Waals surface area (Å²) in [6, 6.07) is 11.5. The third-order valence-corrected chi connectivity index (χ3v) is 7.18. The number of hydrogen-bond donors (Lipinski definition) is 2. The van der Waals surface area contributed by atoms with Crippen LogP contribution in [0.1, 0.15) is 47.1 Å². The van der Waals surface area contributed by atoms with Gasteiger partial charge in [-0.05, 0) is 48.7 Å². The van der Waals surface area contributed by atoms with Crippen molar-refractivity contribution in [3.63, 3.8) is 0 Å².